The number of hydrogen-bond donors (Lipinski definition) is 2. The molecule has 4 aromatic rings. The van der Waals surface area contributed by atoms with Crippen molar-refractivity contribution >= 4 is 39.4 Å². The number of ether oxygens (including phenoxy) is 2. The van der Waals surface area contributed by atoms with Gasteiger partial charge >= 0.3 is 12.3 Å². The minimum atomic E-state index is -4.46. The summed E-state index contributed by atoms with van der Waals surface area (Å²) in [7, 11) is -4.46. The summed E-state index contributed by atoms with van der Waals surface area (Å²) >= 11 is 6.31. The second kappa shape index (κ2) is 16.4. The highest BCUT2D eigenvalue weighted by atomic mass is 35.5. The van der Waals surface area contributed by atoms with Gasteiger partial charge in [0.1, 0.15) is 16.6 Å². The number of hydrogen-bond acceptors (Lipinski definition) is 10. The molecule has 1 aliphatic heterocycles. The second-order valence-corrected chi connectivity index (χ2v) is 18.4. The predicted molar refractivity (Wildman–Crippen MR) is 211 cm³/mol. The highest BCUT2D eigenvalue weighted by Gasteiger charge is 2.62. The van der Waals surface area contributed by atoms with Gasteiger partial charge in [-0.15, -0.1) is 5.10 Å². The van der Waals surface area contributed by atoms with E-state index in [1.165, 1.54) is 41.2 Å². The van der Waals surface area contributed by atoms with E-state index >= 15 is 0 Å². The Morgan fingerprint density at radius 1 is 1.00 bits per heavy atom. The zero-order valence-corrected chi connectivity index (χ0v) is 34.4. The number of pyridine rings is 2. The summed E-state index contributed by atoms with van der Waals surface area (Å²) in [6.07, 6.45) is -1.78. The molecule has 13 nitrogen and oxygen atoms in total. The fourth-order valence-electron chi connectivity index (χ4n) is 7.24. The van der Waals surface area contributed by atoms with E-state index < -0.39 is 43.7 Å². The number of carbonyl (C=O) groups excluding carboxylic acids is 2. The summed E-state index contributed by atoms with van der Waals surface area (Å²) in [5.41, 5.74) is -1.85. The smallest absolute Gasteiger partial charge is 0.410 e. The molecule has 2 amide bonds. The van der Waals surface area contributed by atoms with Crippen LogP contribution in [0.25, 0.3) is 5.82 Å². The van der Waals surface area contributed by atoms with E-state index in [0.717, 1.165) is 12.0 Å². The van der Waals surface area contributed by atoms with E-state index in [4.69, 9.17) is 21.1 Å². The second-order valence-electron chi connectivity index (χ2n) is 16.4. The molecule has 2 unspecified atom stereocenters. The zero-order chi connectivity index (χ0) is 42.1. The van der Waals surface area contributed by atoms with E-state index in [9.17, 15) is 31.2 Å². The number of likely N-dealkylation sites (tertiary alicyclic amines) is 1. The van der Waals surface area contributed by atoms with Crippen LogP contribution in [0.15, 0.2) is 78.0 Å². The normalized spacial score (nSPS) is 18.0. The van der Waals surface area contributed by atoms with Gasteiger partial charge in [0.2, 0.25) is 5.88 Å². The number of nitrogens with one attached hydrogen (secondary N) is 2. The van der Waals surface area contributed by atoms with Gasteiger partial charge < -0.3 is 19.7 Å². The number of amides is 2. The first-order valence-electron chi connectivity index (χ1n) is 18.9. The van der Waals surface area contributed by atoms with E-state index in [-0.39, 0.29) is 72.0 Å². The van der Waals surface area contributed by atoms with Crippen LogP contribution < -0.4 is 14.8 Å². The molecule has 58 heavy (non-hydrogen) atoms. The van der Waals surface area contributed by atoms with Crippen LogP contribution in [-0.4, -0.2) is 82.1 Å². The molecule has 2 fully saturated rings. The Bertz CT molecular complexity index is 2230. The van der Waals surface area contributed by atoms with E-state index in [0.29, 0.717) is 19.5 Å². The molecule has 4 heterocycles. The van der Waals surface area contributed by atoms with E-state index in [1.54, 1.807) is 11.0 Å². The minimum absolute atomic E-state index is 0.0616. The molecular weight excluding hydrogens is 799 g/mol. The summed E-state index contributed by atoms with van der Waals surface area (Å²) in [5, 5.41) is 6.66. The molecular formula is C40H47ClF3N7O6S. The highest BCUT2D eigenvalue weighted by Crippen LogP contribution is 2.59. The maximum Gasteiger partial charge on any atom is 0.410 e. The Morgan fingerprint density at radius 3 is 2.38 bits per heavy atom. The largest absolute Gasteiger partial charge is 0.477 e. The third kappa shape index (κ3) is 10.0. The highest BCUT2D eigenvalue weighted by molar-refractivity contribution is 7.90. The van der Waals surface area contributed by atoms with Gasteiger partial charge in [-0.1, -0.05) is 48.0 Å². The quantitative estimate of drug-likeness (QED) is 0.119. The van der Waals surface area contributed by atoms with Crippen LogP contribution >= 0.6 is 11.6 Å². The minimum Gasteiger partial charge on any atom is -0.477 e. The molecule has 2 N–H and O–H groups in total. The Morgan fingerprint density at radius 2 is 1.72 bits per heavy atom. The van der Waals surface area contributed by atoms with Crippen LogP contribution in [0.2, 0.25) is 5.15 Å². The number of aromatic nitrogens is 4. The van der Waals surface area contributed by atoms with Crippen molar-refractivity contribution in [3.8, 4) is 11.7 Å². The monoisotopic (exact) mass is 845 g/mol. The summed E-state index contributed by atoms with van der Waals surface area (Å²) in [5.74, 6) is -0.344. The van der Waals surface area contributed by atoms with Crippen molar-refractivity contribution in [1.82, 2.24) is 29.4 Å². The first-order valence-corrected chi connectivity index (χ1v) is 20.8. The third-order valence-electron chi connectivity index (χ3n) is 10.5. The van der Waals surface area contributed by atoms with Crippen molar-refractivity contribution in [2.45, 2.75) is 95.0 Å². The Kier molecular flexibility index (Phi) is 12.1. The summed E-state index contributed by atoms with van der Waals surface area (Å²) in [6.45, 7) is 10.4. The molecule has 1 aromatic carbocycles. The number of rotatable bonds is 14. The SMILES string of the molecule is CC(C)(C)OC(=O)N1CC(C(CCNc2cccc(S(=O)(=O)NC(=O)c3ccc(-n4ccc(OCCC5(C(F)(F)F)CC5)n4)nc3Cl)n2)c2ccccc2)CC1(C)C. The maximum absolute atomic E-state index is 13.3. The number of anilines is 1. The number of carbonyl (C=O) groups is 2. The molecule has 1 saturated heterocycles. The number of benzene rings is 1. The first kappa shape index (κ1) is 42.7. The molecule has 1 aliphatic carbocycles. The zero-order valence-electron chi connectivity index (χ0n) is 32.8. The molecule has 2 aliphatic rings. The van der Waals surface area contributed by atoms with Gasteiger partial charge in [0.05, 0.1) is 17.6 Å². The van der Waals surface area contributed by atoms with Gasteiger partial charge in [0.25, 0.3) is 15.9 Å². The third-order valence-corrected chi connectivity index (χ3v) is 12.0. The van der Waals surface area contributed by atoms with Crippen molar-refractivity contribution in [1.29, 1.82) is 0 Å². The van der Waals surface area contributed by atoms with Crippen LogP contribution in [0.4, 0.5) is 23.8 Å². The van der Waals surface area contributed by atoms with Crippen LogP contribution in [0.3, 0.4) is 0 Å². The Labute approximate surface area is 340 Å². The van der Waals surface area contributed by atoms with Crippen molar-refractivity contribution in [3.63, 3.8) is 0 Å². The van der Waals surface area contributed by atoms with Crippen LogP contribution in [0, 0.1) is 11.3 Å². The average Bonchev–Trinajstić information content (AvgIpc) is 3.68. The number of sulfonamides is 1. The van der Waals surface area contributed by atoms with E-state index in [1.807, 2.05) is 57.5 Å². The van der Waals surface area contributed by atoms with Gasteiger partial charge in [-0.3, -0.25) is 4.79 Å². The molecule has 312 valence electrons. The lowest BCUT2D eigenvalue weighted by molar-refractivity contribution is -0.190. The lowest BCUT2D eigenvalue weighted by Crippen LogP contribution is -2.45. The fourth-order valence-corrected chi connectivity index (χ4v) is 8.41. The molecule has 6 rings (SSSR count). The van der Waals surface area contributed by atoms with Crippen LogP contribution in [0.1, 0.15) is 88.6 Å². The first-order chi connectivity index (χ1) is 27.2. The number of alkyl halides is 3. The molecule has 18 heteroatoms. The standard InChI is InChI=1S/C40H47ClF3N7O6S/c1-37(2,3)57-36(53)50-25-27(24-38(50,4)5)28(26-10-7-6-8-11-26)16-21-45-30-12-9-13-33(46-30)58(54,55)49-35(52)29-14-15-31(47-34(29)41)51-22-17-32(48-51)56-23-20-39(18-19-39)40(42,43)44/h6-15,17,22,27-28H,16,18-21,23-25H2,1-5H3,(H,45,46)(H,49,52). The van der Waals surface area contributed by atoms with Crippen molar-refractivity contribution in [2.24, 2.45) is 11.3 Å². The summed E-state index contributed by atoms with van der Waals surface area (Å²) < 4.78 is 80.7. The molecule has 1 saturated carbocycles. The summed E-state index contributed by atoms with van der Waals surface area (Å²) in [6, 6.07) is 18.5. The predicted octanol–water partition coefficient (Wildman–Crippen LogP) is 8.17. The Hall–Kier alpha value is -4.90. The summed E-state index contributed by atoms with van der Waals surface area (Å²) in [4.78, 5) is 36.5. The topological polar surface area (TPSA) is 158 Å². The van der Waals surface area contributed by atoms with Gasteiger partial charge in [0, 0.05) is 30.9 Å². The van der Waals surface area contributed by atoms with Gasteiger partial charge in [-0.2, -0.15) is 21.6 Å². The van der Waals surface area contributed by atoms with Crippen LogP contribution in [-0.2, 0) is 14.8 Å². The molecule has 3 aromatic heterocycles. The lowest BCUT2D eigenvalue weighted by Gasteiger charge is -2.33. The number of halogens is 4. The molecule has 0 bridgehead atoms. The van der Waals surface area contributed by atoms with Gasteiger partial charge in [-0.25, -0.2) is 24.2 Å². The van der Waals surface area contributed by atoms with Crippen molar-refractivity contribution in [3.05, 3.63) is 89.2 Å². The average molecular weight is 846 g/mol. The van der Waals surface area contributed by atoms with Crippen molar-refractivity contribution < 1.29 is 40.7 Å². The molecule has 0 radical (unpaired) electrons. The van der Waals surface area contributed by atoms with Gasteiger partial charge in [-0.05, 0) is 108 Å². The maximum atomic E-state index is 13.3. The fraction of sp³-hybridized carbons (Fsp3) is 0.475. The van der Waals surface area contributed by atoms with E-state index in [2.05, 4.69) is 32.5 Å². The number of nitrogens with zero attached hydrogens (tertiary/aromatic N) is 5. The Balaban J connectivity index is 1.06. The molecule has 2 atom stereocenters. The lowest BCUT2D eigenvalue weighted by atomic mass is 9.80. The van der Waals surface area contributed by atoms with Crippen LogP contribution in [0.5, 0.6) is 5.88 Å². The van der Waals surface area contributed by atoms with Gasteiger partial charge in [0.15, 0.2) is 10.8 Å². The molecule has 0 spiro atoms. The van der Waals surface area contributed by atoms with Crippen molar-refractivity contribution in [2.75, 3.05) is 25.0 Å².